The van der Waals surface area contributed by atoms with Gasteiger partial charge in [0.15, 0.2) is 5.75 Å². The monoisotopic (exact) mass is 507 g/mol. The van der Waals surface area contributed by atoms with Gasteiger partial charge in [0.1, 0.15) is 5.56 Å². The Bertz CT molecular complexity index is 1430. The molecule has 2 aliphatic carbocycles. The first-order valence-electron chi connectivity index (χ1n) is 12.6. The number of hydrogen-bond acceptors (Lipinski definition) is 6. The molecule has 6 rings (SSSR count). The maximum Gasteiger partial charge on any atom is 0.341 e. The van der Waals surface area contributed by atoms with E-state index in [9.17, 15) is 19.5 Å². The van der Waals surface area contributed by atoms with Crippen LogP contribution in [0.15, 0.2) is 29.2 Å². The number of carbonyl (C=O) groups is 2. The molecule has 1 saturated heterocycles. The Hall–Kier alpha value is -3.17. The van der Waals surface area contributed by atoms with E-state index in [4.69, 9.17) is 4.74 Å². The Balaban J connectivity index is 1.43. The van der Waals surface area contributed by atoms with Crippen LogP contribution in [0, 0.1) is 0 Å². The zero-order valence-corrected chi connectivity index (χ0v) is 21.0. The lowest BCUT2D eigenvalue weighted by Gasteiger charge is -2.25. The molecule has 188 valence electrons. The molecule has 0 spiro atoms. The molecule has 3 aliphatic rings. The molecule has 1 saturated carbocycles. The Morgan fingerprint density at radius 1 is 1.19 bits per heavy atom. The fourth-order valence-electron chi connectivity index (χ4n) is 5.63. The number of amides is 1. The third kappa shape index (κ3) is 3.90. The summed E-state index contributed by atoms with van der Waals surface area (Å²) >= 11 is 1.70. The highest BCUT2D eigenvalue weighted by Gasteiger charge is 2.31. The van der Waals surface area contributed by atoms with Gasteiger partial charge in [0.25, 0.3) is 0 Å². The first-order valence-corrected chi connectivity index (χ1v) is 13.4. The molecule has 36 heavy (non-hydrogen) atoms. The third-order valence-electron chi connectivity index (χ3n) is 7.59. The van der Waals surface area contributed by atoms with Crippen molar-refractivity contribution in [3.8, 4) is 16.2 Å². The average Bonchev–Trinajstić information content (AvgIpc) is 3.38. The van der Waals surface area contributed by atoms with E-state index in [1.54, 1.807) is 24.5 Å². The molecule has 0 bridgehead atoms. The van der Waals surface area contributed by atoms with Crippen molar-refractivity contribution in [2.75, 3.05) is 13.7 Å². The zero-order valence-electron chi connectivity index (χ0n) is 20.1. The van der Waals surface area contributed by atoms with Crippen LogP contribution in [0.5, 0.6) is 5.75 Å². The SMILES string of the molecule is COc1c(-c2cc3c(s2)CCCC3NC(=O)[C@@H]2CCCN2)ccc2c(=O)c(C(=O)O)cn(C3CC3)c12. The van der Waals surface area contributed by atoms with Crippen molar-refractivity contribution >= 4 is 34.1 Å². The molecular weight excluding hydrogens is 478 g/mol. The molecule has 1 unspecified atom stereocenters. The predicted octanol–water partition coefficient (Wildman–Crippen LogP) is 4.02. The van der Waals surface area contributed by atoms with E-state index in [1.807, 2.05) is 10.6 Å². The molecule has 2 atom stereocenters. The van der Waals surface area contributed by atoms with Crippen LogP contribution in [0.25, 0.3) is 21.3 Å². The smallest absolute Gasteiger partial charge is 0.341 e. The van der Waals surface area contributed by atoms with Gasteiger partial charge in [0.2, 0.25) is 11.3 Å². The van der Waals surface area contributed by atoms with Gasteiger partial charge in [0, 0.05) is 27.6 Å². The van der Waals surface area contributed by atoms with Crippen molar-refractivity contribution in [3.05, 3.63) is 50.6 Å². The number of rotatable bonds is 6. The molecule has 0 radical (unpaired) electrons. The first-order chi connectivity index (χ1) is 17.5. The summed E-state index contributed by atoms with van der Waals surface area (Å²) in [6, 6.07) is 5.78. The molecule has 2 aromatic heterocycles. The van der Waals surface area contributed by atoms with E-state index in [0.717, 1.165) is 67.5 Å². The molecular formula is C27H29N3O5S. The quantitative estimate of drug-likeness (QED) is 0.465. The summed E-state index contributed by atoms with van der Waals surface area (Å²) in [5, 5.41) is 16.5. The number of hydrogen-bond donors (Lipinski definition) is 3. The number of methoxy groups -OCH3 is 1. The minimum Gasteiger partial charge on any atom is -0.494 e. The topological polar surface area (TPSA) is 110 Å². The maximum atomic E-state index is 13.0. The van der Waals surface area contributed by atoms with Crippen molar-refractivity contribution < 1.29 is 19.4 Å². The lowest BCUT2D eigenvalue weighted by Crippen LogP contribution is -2.42. The minimum absolute atomic E-state index is 0.0112. The molecule has 9 heteroatoms. The van der Waals surface area contributed by atoms with Crippen molar-refractivity contribution in [1.82, 2.24) is 15.2 Å². The lowest BCUT2D eigenvalue weighted by atomic mass is 9.93. The van der Waals surface area contributed by atoms with Gasteiger partial charge in [-0.1, -0.05) is 0 Å². The number of nitrogens with zero attached hydrogens (tertiary/aromatic N) is 1. The number of thiophene rings is 1. The number of ether oxygens (including phenoxy) is 1. The fraction of sp³-hybridized carbons (Fsp3) is 0.444. The summed E-state index contributed by atoms with van der Waals surface area (Å²) in [6.45, 7) is 0.887. The van der Waals surface area contributed by atoms with Gasteiger partial charge >= 0.3 is 5.97 Å². The second-order valence-electron chi connectivity index (χ2n) is 9.95. The molecule has 1 aromatic carbocycles. The van der Waals surface area contributed by atoms with Crippen LogP contribution >= 0.6 is 11.3 Å². The Morgan fingerprint density at radius 2 is 2.03 bits per heavy atom. The molecule has 3 heterocycles. The number of pyridine rings is 1. The van der Waals surface area contributed by atoms with Crippen LogP contribution in [0.3, 0.4) is 0 Å². The van der Waals surface area contributed by atoms with Crippen LogP contribution < -0.4 is 20.8 Å². The van der Waals surface area contributed by atoms with E-state index in [0.29, 0.717) is 16.7 Å². The van der Waals surface area contributed by atoms with E-state index in [2.05, 4.69) is 16.7 Å². The van der Waals surface area contributed by atoms with Crippen LogP contribution in [0.1, 0.15) is 71.4 Å². The van der Waals surface area contributed by atoms with Gasteiger partial charge in [-0.25, -0.2) is 4.79 Å². The van der Waals surface area contributed by atoms with E-state index in [-0.39, 0.29) is 29.6 Å². The largest absolute Gasteiger partial charge is 0.494 e. The number of benzene rings is 1. The van der Waals surface area contributed by atoms with Crippen molar-refractivity contribution in [3.63, 3.8) is 0 Å². The van der Waals surface area contributed by atoms with Crippen molar-refractivity contribution in [2.24, 2.45) is 0 Å². The summed E-state index contributed by atoms with van der Waals surface area (Å²) in [5.74, 6) is -0.557. The number of aryl methyl sites for hydroxylation is 1. The van der Waals surface area contributed by atoms with Gasteiger partial charge < -0.3 is 25.0 Å². The number of nitrogens with one attached hydrogen (secondary N) is 2. The molecule has 3 aromatic rings. The van der Waals surface area contributed by atoms with Crippen LogP contribution in [-0.4, -0.2) is 41.2 Å². The zero-order chi connectivity index (χ0) is 25.0. The second kappa shape index (κ2) is 9.05. The molecule has 2 fully saturated rings. The number of carboxylic acid groups (broad SMARTS) is 1. The highest BCUT2D eigenvalue weighted by molar-refractivity contribution is 7.15. The van der Waals surface area contributed by atoms with E-state index >= 15 is 0 Å². The van der Waals surface area contributed by atoms with Crippen LogP contribution in [0.2, 0.25) is 0 Å². The highest BCUT2D eigenvalue weighted by atomic mass is 32.1. The number of aromatic nitrogens is 1. The van der Waals surface area contributed by atoms with Crippen LogP contribution in [-0.2, 0) is 11.2 Å². The summed E-state index contributed by atoms with van der Waals surface area (Å²) in [5.41, 5.74) is 1.98. The summed E-state index contributed by atoms with van der Waals surface area (Å²) in [7, 11) is 1.59. The first kappa shape index (κ1) is 23.2. The summed E-state index contributed by atoms with van der Waals surface area (Å²) in [6.07, 6.45) is 8.15. The summed E-state index contributed by atoms with van der Waals surface area (Å²) < 4.78 is 7.81. The summed E-state index contributed by atoms with van der Waals surface area (Å²) in [4.78, 5) is 39.8. The van der Waals surface area contributed by atoms with E-state index < -0.39 is 11.4 Å². The third-order valence-corrected chi connectivity index (χ3v) is 8.84. The number of fused-ring (bicyclic) bond motifs is 2. The van der Waals surface area contributed by atoms with Gasteiger partial charge in [-0.15, -0.1) is 11.3 Å². The maximum absolute atomic E-state index is 13.0. The van der Waals surface area contributed by atoms with Crippen LogP contribution in [0.4, 0.5) is 0 Å². The standard InChI is InChI=1S/C27H29N3O5S/c1-35-25-15(9-10-16-23(25)30(14-7-8-14)13-18(24(16)31)27(33)34)22-12-17-19(4-2-6-21(17)36-22)29-26(32)20-5-3-11-28-20/h9-10,12-14,19-20,28H,2-8,11H2,1H3,(H,29,32)(H,33,34)/t19?,20-/m0/s1. The lowest BCUT2D eigenvalue weighted by molar-refractivity contribution is -0.123. The number of carbonyl (C=O) groups excluding carboxylic acids is 1. The van der Waals surface area contributed by atoms with Gasteiger partial charge in [-0.2, -0.15) is 0 Å². The predicted molar refractivity (Wildman–Crippen MR) is 138 cm³/mol. The van der Waals surface area contributed by atoms with Gasteiger partial charge in [-0.3, -0.25) is 9.59 Å². The number of aromatic carboxylic acids is 1. The highest BCUT2D eigenvalue weighted by Crippen LogP contribution is 2.46. The van der Waals surface area contributed by atoms with Gasteiger partial charge in [0.05, 0.1) is 30.1 Å². The van der Waals surface area contributed by atoms with Gasteiger partial charge in [-0.05, 0) is 75.3 Å². The molecule has 1 aliphatic heterocycles. The van der Waals surface area contributed by atoms with Crippen molar-refractivity contribution in [2.45, 2.75) is 63.1 Å². The van der Waals surface area contributed by atoms with E-state index in [1.165, 1.54) is 11.1 Å². The normalized spacial score (nSPS) is 21.4. The average molecular weight is 508 g/mol. The van der Waals surface area contributed by atoms with Crippen molar-refractivity contribution in [1.29, 1.82) is 0 Å². The Labute approximate surface area is 212 Å². The minimum atomic E-state index is -1.22. The fourth-order valence-corrected chi connectivity index (χ4v) is 6.92. The second-order valence-corrected chi connectivity index (χ2v) is 11.1. The Morgan fingerprint density at radius 3 is 2.72 bits per heavy atom. The molecule has 1 amide bonds. The Kier molecular flexibility index (Phi) is 5.84. The molecule has 8 nitrogen and oxygen atoms in total. The number of carboxylic acids is 1. The molecule has 3 N–H and O–H groups in total.